The molecule has 2 heterocycles. The summed E-state index contributed by atoms with van der Waals surface area (Å²) in [5, 5.41) is 0. The van der Waals surface area contributed by atoms with Gasteiger partial charge < -0.3 is 14.6 Å². The lowest BCUT2D eigenvalue weighted by atomic mass is 9.97. The van der Waals surface area contributed by atoms with E-state index in [0.717, 1.165) is 81.8 Å². The highest BCUT2D eigenvalue weighted by Gasteiger charge is 2.21. The molecule has 0 radical (unpaired) electrons. The molecule has 1 saturated heterocycles. The van der Waals surface area contributed by atoms with Crippen molar-refractivity contribution in [3.05, 3.63) is 56.1 Å². The molecule has 2 aliphatic rings. The number of aromatic nitrogens is 2. The van der Waals surface area contributed by atoms with E-state index in [1.165, 1.54) is 16.7 Å². The highest BCUT2D eigenvalue weighted by Crippen LogP contribution is 2.29. The number of fused-ring (bicyclic) bond motifs is 1. The molecule has 162 valence electrons. The van der Waals surface area contributed by atoms with E-state index in [4.69, 9.17) is 4.74 Å². The average molecular weight is 416 g/mol. The summed E-state index contributed by atoms with van der Waals surface area (Å²) in [6.45, 7) is 4.65. The summed E-state index contributed by atoms with van der Waals surface area (Å²) in [5.74, 6) is 0.246. The van der Waals surface area contributed by atoms with E-state index >= 15 is 0 Å². The molecule has 1 fully saturated rings. The van der Waals surface area contributed by atoms with Gasteiger partial charge in [0.25, 0.3) is 5.56 Å². The van der Waals surface area contributed by atoms with Crippen LogP contribution >= 0.6 is 0 Å². The first kappa shape index (κ1) is 20.7. The van der Waals surface area contributed by atoms with Crippen molar-refractivity contribution in [2.24, 2.45) is 0 Å². The van der Waals surface area contributed by atoms with Crippen LogP contribution in [-0.2, 0) is 19.4 Å². The number of nitrogens with one attached hydrogen (secondary N) is 1. The molecule has 0 atom stereocenters. The van der Waals surface area contributed by atoms with Gasteiger partial charge in [-0.05, 0) is 50.8 Å². The van der Waals surface area contributed by atoms with Crippen LogP contribution in [0.4, 0.5) is 10.1 Å². The maximum Gasteiger partial charge on any atom is 0.328 e. The molecule has 2 aromatic rings. The summed E-state index contributed by atoms with van der Waals surface area (Å²) in [6.07, 6.45) is 4.35. The second-order valence-corrected chi connectivity index (χ2v) is 8.05. The van der Waals surface area contributed by atoms with Gasteiger partial charge in [0.05, 0.1) is 12.8 Å². The molecule has 1 aromatic heterocycles. The normalized spacial score (nSPS) is 17.1. The van der Waals surface area contributed by atoms with Crippen molar-refractivity contribution in [3.63, 3.8) is 0 Å². The van der Waals surface area contributed by atoms with Crippen molar-refractivity contribution in [1.29, 1.82) is 0 Å². The molecule has 4 rings (SSSR count). The number of aromatic amines is 1. The Hall–Kier alpha value is -2.61. The lowest BCUT2D eigenvalue weighted by Crippen LogP contribution is -2.47. The summed E-state index contributed by atoms with van der Waals surface area (Å²) in [5.41, 5.74) is 2.14. The topological polar surface area (TPSA) is 70.6 Å². The van der Waals surface area contributed by atoms with E-state index in [0.29, 0.717) is 12.3 Å². The summed E-state index contributed by atoms with van der Waals surface area (Å²) in [4.78, 5) is 32.5. The average Bonchev–Trinajstić information content (AvgIpc) is 2.76. The molecule has 7 nitrogen and oxygen atoms in total. The highest BCUT2D eigenvalue weighted by molar-refractivity contribution is 5.59. The van der Waals surface area contributed by atoms with E-state index in [-0.39, 0.29) is 17.1 Å². The fourth-order valence-electron chi connectivity index (χ4n) is 4.51. The largest absolute Gasteiger partial charge is 0.494 e. The van der Waals surface area contributed by atoms with Gasteiger partial charge in [0.1, 0.15) is 11.6 Å². The number of anilines is 1. The second kappa shape index (κ2) is 9.04. The van der Waals surface area contributed by atoms with Gasteiger partial charge in [-0.25, -0.2) is 9.18 Å². The Bertz CT molecular complexity index is 1010. The monoisotopic (exact) mass is 416 g/mol. The minimum Gasteiger partial charge on any atom is -0.494 e. The standard InChI is InChI=1S/C22H29FN4O3/c1-30-20-15-16(23)7-8-19(20)26-13-11-25(12-14-26)9-4-10-27-21(28)17-5-2-3-6-18(17)24-22(27)29/h7-8,15H,2-6,9-14H2,1H3,(H,24,29). The van der Waals surface area contributed by atoms with Crippen LogP contribution in [0.1, 0.15) is 30.5 Å². The van der Waals surface area contributed by atoms with Gasteiger partial charge >= 0.3 is 5.69 Å². The van der Waals surface area contributed by atoms with E-state index < -0.39 is 0 Å². The van der Waals surface area contributed by atoms with Crippen molar-refractivity contribution < 1.29 is 9.13 Å². The van der Waals surface area contributed by atoms with Gasteiger partial charge in [-0.15, -0.1) is 0 Å². The molecule has 1 aliphatic carbocycles. The first-order chi connectivity index (χ1) is 14.6. The van der Waals surface area contributed by atoms with Crippen LogP contribution in [0.15, 0.2) is 27.8 Å². The summed E-state index contributed by atoms with van der Waals surface area (Å²) < 4.78 is 20.1. The number of hydrogen-bond donors (Lipinski definition) is 1. The van der Waals surface area contributed by atoms with Crippen LogP contribution in [0.25, 0.3) is 0 Å². The number of H-pyrrole nitrogens is 1. The van der Waals surface area contributed by atoms with Crippen molar-refractivity contribution in [2.45, 2.75) is 38.6 Å². The lowest BCUT2D eigenvalue weighted by Gasteiger charge is -2.36. The Labute approximate surface area is 175 Å². The number of hydrogen-bond acceptors (Lipinski definition) is 5. The number of aryl methyl sites for hydroxylation is 1. The maximum absolute atomic E-state index is 13.4. The summed E-state index contributed by atoms with van der Waals surface area (Å²) >= 11 is 0. The lowest BCUT2D eigenvalue weighted by molar-refractivity contribution is 0.248. The zero-order chi connectivity index (χ0) is 21.1. The Morgan fingerprint density at radius 1 is 1.07 bits per heavy atom. The minimum absolute atomic E-state index is 0.110. The number of methoxy groups -OCH3 is 1. The van der Waals surface area contributed by atoms with E-state index in [1.807, 2.05) is 0 Å². The summed E-state index contributed by atoms with van der Waals surface area (Å²) in [7, 11) is 1.55. The molecule has 1 aromatic carbocycles. The van der Waals surface area contributed by atoms with Crippen LogP contribution < -0.4 is 20.9 Å². The van der Waals surface area contributed by atoms with Crippen LogP contribution in [0.2, 0.25) is 0 Å². The maximum atomic E-state index is 13.4. The number of benzene rings is 1. The Morgan fingerprint density at radius 3 is 2.60 bits per heavy atom. The van der Waals surface area contributed by atoms with E-state index in [2.05, 4.69) is 14.8 Å². The molecule has 0 bridgehead atoms. The quantitative estimate of drug-likeness (QED) is 0.777. The molecule has 0 saturated carbocycles. The third-order valence-corrected chi connectivity index (χ3v) is 6.18. The van der Waals surface area contributed by atoms with Crippen LogP contribution in [0.5, 0.6) is 5.75 Å². The van der Waals surface area contributed by atoms with Crippen LogP contribution in [0, 0.1) is 5.82 Å². The third kappa shape index (κ3) is 4.28. The predicted molar refractivity (Wildman–Crippen MR) is 114 cm³/mol. The first-order valence-electron chi connectivity index (χ1n) is 10.7. The van der Waals surface area contributed by atoms with Crippen molar-refractivity contribution in [2.75, 3.05) is 44.7 Å². The van der Waals surface area contributed by atoms with Gasteiger partial charge in [0.2, 0.25) is 0 Å². The number of rotatable bonds is 6. The third-order valence-electron chi connectivity index (χ3n) is 6.18. The number of ether oxygens (including phenoxy) is 1. The van der Waals surface area contributed by atoms with Crippen molar-refractivity contribution in [1.82, 2.24) is 14.5 Å². The minimum atomic E-state index is -0.304. The van der Waals surface area contributed by atoms with E-state index in [9.17, 15) is 14.0 Å². The first-order valence-corrected chi connectivity index (χ1v) is 10.7. The molecule has 0 spiro atoms. The SMILES string of the molecule is COc1cc(F)ccc1N1CCN(CCCn2c(=O)[nH]c3c(c2=O)CCCC3)CC1. The van der Waals surface area contributed by atoms with Crippen LogP contribution in [-0.4, -0.2) is 54.3 Å². The highest BCUT2D eigenvalue weighted by atomic mass is 19.1. The fraction of sp³-hybridized carbons (Fsp3) is 0.545. The van der Waals surface area contributed by atoms with E-state index in [1.54, 1.807) is 13.2 Å². The Morgan fingerprint density at radius 2 is 1.83 bits per heavy atom. The molecule has 1 N–H and O–H groups in total. The molecular formula is C22H29FN4O3. The summed E-state index contributed by atoms with van der Waals surface area (Å²) in [6, 6.07) is 4.63. The fourth-order valence-corrected chi connectivity index (χ4v) is 4.51. The smallest absolute Gasteiger partial charge is 0.328 e. The number of nitrogens with zero attached hydrogens (tertiary/aromatic N) is 3. The zero-order valence-corrected chi connectivity index (χ0v) is 17.5. The molecule has 1 aliphatic heterocycles. The van der Waals surface area contributed by atoms with Gasteiger partial charge in [-0.2, -0.15) is 0 Å². The zero-order valence-electron chi connectivity index (χ0n) is 17.5. The van der Waals surface area contributed by atoms with Gasteiger partial charge in [-0.3, -0.25) is 14.3 Å². The molecule has 0 unspecified atom stereocenters. The predicted octanol–water partition coefficient (Wildman–Crippen LogP) is 1.78. The molecule has 8 heteroatoms. The number of piperazine rings is 1. The van der Waals surface area contributed by atoms with Gasteiger partial charge in [0.15, 0.2) is 0 Å². The van der Waals surface area contributed by atoms with Crippen LogP contribution in [0.3, 0.4) is 0 Å². The number of halogens is 1. The Balaban J connectivity index is 1.32. The van der Waals surface area contributed by atoms with Crippen molar-refractivity contribution >= 4 is 5.69 Å². The Kier molecular flexibility index (Phi) is 6.22. The second-order valence-electron chi connectivity index (χ2n) is 8.05. The van der Waals surface area contributed by atoms with Gasteiger partial charge in [-0.1, -0.05) is 0 Å². The molecule has 30 heavy (non-hydrogen) atoms. The van der Waals surface area contributed by atoms with Crippen molar-refractivity contribution in [3.8, 4) is 5.75 Å². The molecule has 0 amide bonds. The molecular weight excluding hydrogens is 387 g/mol. The van der Waals surface area contributed by atoms with Gasteiger partial charge in [0, 0.05) is 50.0 Å².